The van der Waals surface area contributed by atoms with Crippen LogP contribution in [0.3, 0.4) is 0 Å². The van der Waals surface area contributed by atoms with E-state index in [9.17, 15) is 4.79 Å². The SMILES string of the molecule is CC(CO)N(C)CC(=O)N1CCC(c2ccccc2)=N1. The van der Waals surface area contributed by atoms with Crippen molar-refractivity contribution < 1.29 is 9.90 Å². The molecule has 0 saturated carbocycles. The van der Waals surface area contributed by atoms with E-state index < -0.39 is 0 Å². The van der Waals surface area contributed by atoms with Crippen LogP contribution in [0.15, 0.2) is 35.4 Å². The average Bonchev–Trinajstić information content (AvgIpc) is 2.97. The first kappa shape index (κ1) is 14.7. The summed E-state index contributed by atoms with van der Waals surface area (Å²) < 4.78 is 0. The van der Waals surface area contributed by atoms with Crippen LogP contribution >= 0.6 is 0 Å². The molecular formula is C15H21N3O2. The topological polar surface area (TPSA) is 56.1 Å². The van der Waals surface area contributed by atoms with E-state index in [1.165, 1.54) is 5.01 Å². The molecule has 1 aliphatic heterocycles. The third-order valence-electron chi connectivity index (χ3n) is 3.60. The minimum atomic E-state index is -0.0290. The Labute approximate surface area is 119 Å². The maximum absolute atomic E-state index is 12.1. The molecule has 1 heterocycles. The van der Waals surface area contributed by atoms with Crippen molar-refractivity contribution in [2.24, 2.45) is 5.10 Å². The molecule has 108 valence electrons. The van der Waals surface area contributed by atoms with Gasteiger partial charge in [0.05, 0.1) is 25.4 Å². The largest absolute Gasteiger partial charge is 0.395 e. The number of nitrogens with zero attached hydrogens (tertiary/aromatic N) is 3. The Morgan fingerprint density at radius 1 is 1.45 bits per heavy atom. The van der Waals surface area contributed by atoms with Gasteiger partial charge in [-0.1, -0.05) is 30.3 Å². The molecule has 20 heavy (non-hydrogen) atoms. The summed E-state index contributed by atoms with van der Waals surface area (Å²) in [5.41, 5.74) is 2.02. The summed E-state index contributed by atoms with van der Waals surface area (Å²) in [4.78, 5) is 14.0. The second-order valence-electron chi connectivity index (χ2n) is 5.13. The van der Waals surface area contributed by atoms with Gasteiger partial charge >= 0.3 is 0 Å². The van der Waals surface area contributed by atoms with Crippen LogP contribution in [0.1, 0.15) is 18.9 Å². The maximum atomic E-state index is 12.1. The van der Waals surface area contributed by atoms with Crippen LogP contribution < -0.4 is 0 Å². The fourth-order valence-corrected chi connectivity index (χ4v) is 2.06. The number of hydrazone groups is 1. The van der Waals surface area contributed by atoms with Gasteiger partial charge in [0, 0.05) is 12.5 Å². The quantitative estimate of drug-likeness (QED) is 0.870. The number of aliphatic hydroxyl groups is 1. The minimum Gasteiger partial charge on any atom is -0.395 e. The van der Waals surface area contributed by atoms with Crippen molar-refractivity contribution in [3.05, 3.63) is 35.9 Å². The first-order chi connectivity index (χ1) is 9.61. The molecule has 5 heteroatoms. The van der Waals surface area contributed by atoms with Gasteiger partial charge in [-0.05, 0) is 19.5 Å². The number of carbonyl (C=O) groups excluding carboxylic acids is 1. The molecular weight excluding hydrogens is 254 g/mol. The molecule has 0 radical (unpaired) electrons. The predicted molar refractivity (Wildman–Crippen MR) is 78.5 cm³/mol. The van der Waals surface area contributed by atoms with E-state index in [2.05, 4.69) is 5.10 Å². The Morgan fingerprint density at radius 3 is 2.80 bits per heavy atom. The standard InChI is InChI=1S/C15H21N3O2/c1-12(11-19)17(2)10-15(20)18-9-8-14(16-18)13-6-4-3-5-7-13/h3-7,12,19H,8-11H2,1-2H3. The van der Waals surface area contributed by atoms with Crippen LogP contribution in [0.4, 0.5) is 0 Å². The van der Waals surface area contributed by atoms with E-state index in [1.807, 2.05) is 49.2 Å². The number of carbonyl (C=O) groups is 1. The van der Waals surface area contributed by atoms with E-state index in [-0.39, 0.29) is 25.1 Å². The van der Waals surface area contributed by atoms with Crippen molar-refractivity contribution >= 4 is 11.6 Å². The van der Waals surface area contributed by atoms with Gasteiger partial charge in [-0.25, -0.2) is 5.01 Å². The first-order valence-electron chi connectivity index (χ1n) is 6.86. The number of likely N-dealkylation sites (N-methyl/N-ethyl adjacent to an activating group) is 1. The predicted octanol–water partition coefficient (Wildman–Crippen LogP) is 0.936. The third kappa shape index (κ3) is 3.43. The molecule has 5 nitrogen and oxygen atoms in total. The van der Waals surface area contributed by atoms with Crippen LogP contribution in [0.5, 0.6) is 0 Å². The summed E-state index contributed by atoms with van der Waals surface area (Å²) >= 11 is 0. The minimum absolute atomic E-state index is 0.0286. The molecule has 1 unspecified atom stereocenters. The lowest BCUT2D eigenvalue weighted by molar-refractivity contribution is -0.132. The van der Waals surface area contributed by atoms with Crippen molar-refractivity contribution in [2.45, 2.75) is 19.4 Å². The zero-order chi connectivity index (χ0) is 14.5. The van der Waals surface area contributed by atoms with Crippen LogP contribution in [-0.2, 0) is 4.79 Å². The van der Waals surface area contributed by atoms with Crippen molar-refractivity contribution in [3.63, 3.8) is 0 Å². The zero-order valence-electron chi connectivity index (χ0n) is 12.0. The Bertz CT molecular complexity index is 487. The number of rotatable bonds is 5. The van der Waals surface area contributed by atoms with Crippen LogP contribution in [0.2, 0.25) is 0 Å². The van der Waals surface area contributed by atoms with Crippen LogP contribution in [0, 0.1) is 0 Å². The summed E-state index contributed by atoms with van der Waals surface area (Å²) in [5, 5.41) is 15.0. The third-order valence-corrected chi connectivity index (χ3v) is 3.60. The summed E-state index contributed by atoms with van der Waals surface area (Å²) in [6.07, 6.45) is 0.787. The molecule has 2 rings (SSSR count). The molecule has 1 aromatic rings. The molecule has 1 atom stereocenters. The van der Waals surface area contributed by atoms with Gasteiger partial charge in [0.1, 0.15) is 0 Å². The van der Waals surface area contributed by atoms with Crippen molar-refractivity contribution in [3.8, 4) is 0 Å². The second-order valence-corrected chi connectivity index (χ2v) is 5.13. The average molecular weight is 275 g/mol. The monoisotopic (exact) mass is 275 g/mol. The smallest absolute Gasteiger partial charge is 0.256 e. The molecule has 0 bridgehead atoms. The molecule has 0 saturated heterocycles. The summed E-state index contributed by atoms with van der Waals surface area (Å²) in [6.45, 7) is 2.83. The lowest BCUT2D eigenvalue weighted by Crippen LogP contribution is -2.40. The summed E-state index contributed by atoms with van der Waals surface area (Å²) in [6, 6.07) is 9.89. The summed E-state index contributed by atoms with van der Waals surface area (Å²) in [5.74, 6) is -0.0290. The fraction of sp³-hybridized carbons (Fsp3) is 0.467. The molecule has 1 aliphatic rings. The molecule has 1 N–H and O–H groups in total. The fourth-order valence-electron chi connectivity index (χ4n) is 2.06. The summed E-state index contributed by atoms with van der Waals surface area (Å²) in [7, 11) is 1.83. The second kappa shape index (κ2) is 6.63. The Hall–Kier alpha value is -1.72. The van der Waals surface area contributed by atoms with Crippen molar-refractivity contribution in [1.29, 1.82) is 0 Å². The van der Waals surface area contributed by atoms with Crippen molar-refractivity contribution in [1.82, 2.24) is 9.91 Å². The zero-order valence-corrected chi connectivity index (χ0v) is 12.0. The van der Waals surface area contributed by atoms with Gasteiger partial charge < -0.3 is 5.11 Å². The van der Waals surface area contributed by atoms with E-state index >= 15 is 0 Å². The Kier molecular flexibility index (Phi) is 4.87. The Balaban J connectivity index is 1.98. The molecule has 0 aliphatic carbocycles. The Morgan fingerprint density at radius 2 is 2.15 bits per heavy atom. The van der Waals surface area contributed by atoms with Gasteiger partial charge in [-0.2, -0.15) is 5.10 Å². The lowest BCUT2D eigenvalue weighted by Gasteiger charge is -2.23. The van der Waals surface area contributed by atoms with Gasteiger partial charge in [0.2, 0.25) is 0 Å². The highest BCUT2D eigenvalue weighted by atomic mass is 16.3. The number of benzene rings is 1. The van der Waals surface area contributed by atoms with Crippen molar-refractivity contribution in [2.75, 3.05) is 26.7 Å². The molecule has 0 aromatic heterocycles. The number of hydrogen-bond acceptors (Lipinski definition) is 4. The molecule has 0 fully saturated rings. The molecule has 0 spiro atoms. The van der Waals surface area contributed by atoms with Gasteiger partial charge in [0.15, 0.2) is 0 Å². The first-order valence-corrected chi connectivity index (χ1v) is 6.86. The van der Waals surface area contributed by atoms with Crippen LogP contribution in [-0.4, -0.2) is 59.4 Å². The highest BCUT2D eigenvalue weighted by molar-refractivity contribution is 6.02. The van der Waals surface area contributed by atoms with E-state index in [1.54, 1.807) is 0 Å². The number of amides is 1. The number of hydrogen-bond donors (Lipinski definition) is 1. The van der Waals surface area contributed by atoms with Gasteiger partial charge in [-0.3, -0.25) is 9.69 Å². The highest BCUT2D eigenvalue weighted by Crippen LogP contribution is 2.14. The van der Waals surface area contributed by atoms with E-state index in [4.69, 9.17) is 5.11 Å². The molecule has 1 aromatic carbocycles. The number of aliphatic hydroxyl groups excluding tert-OH is 1. The maximum Gasteiger partial charge on any atom is 0.256 e. The molecule has 1 amide bonds. The van der Waals surface area contributed by atoms with Crippen LogP contribution in [0.25, 0.3) is 0 Å². The van der Waals surface area contributed by atoms with Gasteiger partial charge in [-0.15, -0.1) is 0 Å². The lowest BCUT2D eigenvalue weighted by atomic mass is 10.1. The van der Waals surface area contributed by atoms with Gasteiger partial charge in [0.25, 0.3) is 5.91 Å². The van der Waals surface area contributed by atoms with E-state index in [0.717, 1.165) is 17.7 Å². The van der Waals surface area contributed by atoms with E-state index in [0.29, 0.717) is 6.54 Å². The normalized spacial score (nSPS) is 16.4. The highest BCUT2D eigenvalue weighted by Gasteiger charge is 2.23.